The van der Waals surface area contributed by atoms with Gasteiger partial charge < -0.3 is 14.6 Å². The van der Waals surface area contributed by atoms with E-state index in [9.17, 15) is 0 Å². The first kappa shape index (κ1) is 12.3. The van der Waals surface area contributed by atoms with Gasteiger partial charge in [0.1, 0.15) is 6.10 Å². The van der Waals surface area contributed by atoms with Crippen LogP contribution >= 0.6 is 0 Å². The zero-order chi connectivity index (χ0) is 11.8. The second-order valence-corrected chi connectivity index (χ2v) is 5.78. The molecule has 2 aliphatic rings. The van der Waals surface area contributed by atoms with Crippen LogP contribution in [0.4, 0.5) is 0 Å². The van der Waals surface area contributed by atoms with Crippen molar-refractivity contribution in [2.24, 2.45) is 17.8 Å². The maximum Gasteiger partial charge on any atom is 0.172 e. The van der Waals surface area contributed by atoms with E-state index in [1.54, 1.807) is 0 Å². The smallest absolute Gasteiger partial charge is 0.172 e. The molecule has 2 fully saturated rings. The topological polar surface area (TPSA) is 38.7 Å². The van der Waals surface area contributed by atoms with Gasteiger partial charge in [-0.05, 0) is 18.3 Å². The summed E-state index contributed by atoms with van der Waals surface area (Å²) in [7, 11) is 0. The third kappa shape index (κ3) is 2.13. The normalized spacial score (nSPS) is 44.4. The molecule has 1 spiro atoms. The molecule has 1 saturated carbocycles. The van der Waals surface area contributed by atoms with Crippen LogP contribution in [0.1, 0.15) is 40.0 Å². The van der Waals surface area contributed by atoms with Crippen molar-refractivity contribution >= 4 is 0 Å². The molecule has 0 aromatic carbocycles. The fraction of sp³-hybridized carbons (Fsp3) is 1.00. The molecule has 0 bridgehead atoms. The van der Waals surface area contributed by atoms with Crippen LogP contribution < -0.4 is 0 Å². The summed E-state index contributed by atoms with van der Waals surface area (Å²) in [5, 5.41) is 9.17. The maximum absolute atomic E-state index is 9.17. The maximum atomic E-state index is 9.17. The molecule has 0 amide bonds. The van der Waals surface area contributed by atoms with Crippen molar-refractivity contribution in [3.05, 3.63) is 0 Å². The molecule has 0 radical (unpaired) electrons. The van der Waals surface area contributed by atoms with Gasteiger partial charge in [0.2, 0.25) is 0 Å². The molecule has 1 saturated heterocycles. The highest BCUT2D eigenvalue weighted by atomic mass is 16.7. The van der Waals surface area contributed by atoms with Gasteiger partial charge in [0.05, 0.1) is 13.2 Å². The van der Waals surface area contributed by atoms with Crippen LogP contribution in [0.5, 0.6) is 0 Å². The quantitative estimate of drug-likeness (QED) is 0.787. The Morgan fingerprint density at radius 2 is 2.12 bits per heavy atom. The molecule has 4 atom stereocenters. The molecular weight excluding hydrogens is 204 g/mol. The molecule has 16 heavy (non-hydrogen) atoms. The molecule has 1 aliphatic heterocycles. The van der Waals surface area contributed by atoms with Crippen molar-refractivity contribution in [2.75, 3.05) is 13.2 Å². The number of aliphatic hydroxyl groups excluding tert-OH is 1. The van der Waals surface area contributed by atoms with E-state index in [2.05, 4.69) is 20.8 Å². The second-order valence-electron chi connectivity index (χ2n) is 5.78. The lowest BCUT2D eigenvalue weighted by Crippen LogP contribution is -2.47. The molecule has 3 heteroatoms. The van der Waals surface area contributed by atoms with E-state index in [4.69, 9.17) is 14.6 Å². The highest BCUT2D eigenvalue weighted by molar-refractivity contribution is 4.92. The van der Waals surface area contributed by atoms with Crippen molar-refractivity contribution in [1.29, 1.82) is 0 Å². The van der Waals surface area contributed by atoms with Gasteiger partial charge in [-0.15, -0.1) is 0 Å². The lowest BCUT2D eigenvalue weighted by atomic mass is 9.73. The summed E-state index contributed by atoms with van der Waals surface area (Å²) < 4.78 is 12.0. The van der Waals surface area contributed by atoms with Crippen LogP contribution in [0, 0.1) is 17.8 Å². The SMILES string of the molecule is CC(C)[C@H]1CC[C@H](C)C[C@@]12OC[C@@H](CO)O2. The first-order valence-corrected chi connectivity index (χ1v) is 6.50. The van der Waals surface area contributed by atoms with Gasteiger partial charge in [-0.25, -0.2) is 0 Å². The number of rotatable bonds is 2. The third-order valence-electron chi connectivity index (χ3n) is 4.06. The largest absolute Gasteiger partial charge is 0.394 e. The van der Waals surface area contributed by atoms with Crippen molar-refractivity contribution in [2.45, 2.75) is 51.9 Å². The minimum atomic E-state index is -0.404. The first-order valence-electron chi connectivity index (χ1n) is 6.50. The van der Waals surface area contributed by atoms with Crippen LogP contribution in [0.3, 0.4) is 0 Å². The van der Waals surface area contributed by atoms with Crippen LogP contribution in [0.15, 0.2) is 0 Å². The molecular formula is C13H24O3. The molecule has 94 valence electrons. The number of hydrogen-bond acceptors (Lipinski definition) is 3. The van der Waals surface area contributed by atoms with Crippen LogP contribution in [0.2, 0.25) is 0 Å². The number of hydrogen-bond donors (Lipinski definition) is 1. The lowest BCUT2D eigenvalue weighted by Gasteiger charge is -2.44. The summed E-state index contributed by atoms with van der Waals surface area (Å²) in [4.78, 5) is 0. The second kappa shape index (κ2) is 4.63. The van der Waals surface area contributed by atoms with Crippen molar-refractivity contribution in [3.63, 3.8) is 0 Å². The fourth-order valence-corrected chi connectivity index (χ4v) is 3.24. The molecule has 1 aliphatic carbocycles. The Labute approximate surface area is 98.1 Å². The van der Waals surface area contributed by atoms with Crippen LogP contribution in [-0.2, 0) is 9.47 Å². The summed E-state index contributed by atoms with van der Waals surface area (Å²) in [6, 6.07) is 0. The van der Waals surface area contributed by atoms with Gasteiger partial charge in [0.25, 0.3) is 0 Å². The molecule has 3 nitrogen and oxygen atoms in total. The molecule has 0 aromatic heterocycles. The highest BCUT2D eigenvalue weighted by Gasteiger charge is 2.51. The number of ether oxygens (including phenoxy) is 2. The van der Waals surface area contributed by atoms with Crippen LogP contribution in [-0.4, -0.2) is 30.2 Å². The average molecular weight is 228 g/mol. The third-order valence-corrected chi connectivity index (χ3v) is 4.06. The van der Waals surface area contributed by atoms with E-state index in [0.29, 0.717) is 24.4 Å². The predicted molar refractivity (Wildman–Crippen MR) is 62.0 cm³/mol. The summed E-state index contributed by atoms with van der Waals surface area (Å²) in [6.07, 6.45) is 3.30. The molecule has 2 rings (SSSR count). The minimum Gasteiger partial charge on any atom is -0.394 e. The van der Waals surface area contributed by atoms with Gasteiger partial charge in [0, 0.05) is 12.3 Å². The summed E-state index contributed by atoms with van der Waals surface area (Å²) in [5.41, 5.74) is 0. The van der Waals surface area contributed by atoms with E-state index in [-0.39, 0.29) is 12.7 Å². The van der Waals surface area contributed by atoms with E-state index < -0.39 is 5.79 Å². The molecule has 1 N–H and O–H groups in total. The van der Waals surface area contributed by atoms with E-state index in [0.717, 1.165) is 6.42 Å². The Kier molecular flexibility index (Phi) is 3.57. The predicted octanol–water partition coefficient (Wildman–Crippen LogP) is 2.18. The van der Waals surface area contributed by atoms with Crippen molar-refractivity contribution < 1.29 is 14.6 Å². The van der Waals surface area contributed by atoms with Gasteiger partial charge in [0.15, 0.2) is 5.79 Å². The highest BCUT2D eigenvalue weighted by Crippen LogP contribution is 2.47. The van der Waals surface area contributed by atoms with Crippen molar-refractivity contribution in [3.8, 4) is 0 Å². The van der Waals surface area contributed by atoms with E-state index >= 15 is 0 Å². The van der Waals surface area contributed by atoms with Gasteiger partial charge in [-0.3, -0.25) is 0 Å². The van der Waals surface area contributed by atoms with Gasteiger partial charge >= 0.3 is 0 Å². The van der Waals surface area contributed by atoms with E-state index in [1.807, 2.05) is 0 Å². The lowest BCUT2D eigenvalue weighted by molar-refractivity contribution is -0.240. The Morgan fingerprint density at radius 3 is 2.69 bits per heavy atom. The van der Waals surface area contributed by atoms with Crippen molar-refractivity contribution in [1.82, 2.24) is 0 Å². The monoisotopic (exact) mass is 228 g/mol. The molecule has 0 aromatic rings. The van der Waals surface area contributed by atoms with Gasteiger partial charge in [-0.2, -0.15) is 0 Å². The summed E-state index contributed by atoms with van der Waals surface area (Å²) in [5.74, 6) is 1.30. The molecule has 1 heterocycles. The average Bonchev–Trinajstić information content (AvgIpc) is 2.61. The Hall–Kier alpha value is -0.120. The van der Waals surface area contributed by atoms with Crippen LogP contribution in [0.25, 0.3) is 0 Å². The number of aliphatic hydroxyl groups is 1. The Balaban J connectivity index is 2.13. The molecule has 0 unspecified atom stereocenters. The minimum absolute atomic E-state index is 0.0704. The van der Waals surface area contributed by atoms with Gasteiger partial charge in [-0.1, -0.05) is 27.2 Å². The zero-order valence-electron chi connectivity index (χ0n) is 10.6. The summed E-state index contributed by atoms with van der Waals surface area (Å²) in [6.45, 7) is 7.35. The standard InChI is InChI=1S/C13H24O3/c1-9(2)12-5-4-10(3)6-13(12)15-8-11(7-14)16-13/h9-12,14H,4-8H2,1-3H3/t10-,11+,12+,13-/m0/s1. The first-order chi connectivity index (χ1) is 7.57. The summed E-state index contributed by atoms with van der Waals surface area (Å²) >= 11 is 0. The van der Waals surface area contributed by atoms with E-state index in [1.165, 1.54) is 12.8 Å². The fourth-order valence-electron chi connectivity index (χ4n) is 3.24. The Bertz CT molecular complexity index is 241. The Morgan fingerprint density at radius 1 is 1.38 bits per heavy atom. The zero-order valence-corrected chi connectivity index (χ0v) is 10.6.